The van der Waals surface area contributed by atoms with Gasteiger partial charge >= 0.3 is 0 Å². The van der Waals surface area contributed by atoms with Crippen LogP contribution in [0.3, 0.4) is 0 Å². The number of likely N-dealkylation sites (tertiary alicyclic amines) is 1. The summed E-state index contributed by atoms with van der Waals surface area (Å²) in [7, 11) is 4.34. The van der Waals surface area contributed by atoms with Gasteiger partial charge in [0.15, 0.2) is 0 Å². The van der Waals surface area contributed by atoms with Crippen molar-refractivity contribution in [2.24, 2.45) is 5.16 Å². The number of H-pyrrole nitrogens is 1. The van der Waals surface area contributed by atoms with Gasteiger partial charge in [0.2, 0.25) is 0 Å². The summed E-state index contributed by atoms with van der Waals surface area (Å²) < 4.78 is 1.03. The molecule has 0 saturated carbocycles. The van der Waals surface area contributed by atoms with Crippen molar-refractivity contribution >= 4 is 50.5 Å². The molecule has 172 valence electrons. The van der Waals surface area contributed by atoms with Gasteiger partial charge in [0.05, 0.1) is 5.70 Å². The Morgan fingerprint density at radius 2 is 1.97 bits per heavy atom. The molecule has 0 spiro atoms. The van der Waals surface area contributed by atoms with Gasteiger partial charge < -0.3 is 20.0 Å². The Labute approximate surface area is 202 Å². The van der Waals surface area contributed by atoms with E-state index in [1.807, 2.05) is 18.2 Å². The number of halogens is 1. The molecule has 0 aliphatic carbocycles. The fraction of sp³-hybridized carbons (Fsp3) is 0.346. The summed E-state index contributed by atoms with van der Waals surface area (Å²) in [5.74, 6) is 0. The van der Waals surface area contributed by atoms with E-state index in [1.165, 1.54) is 12.8 Å². The van der Waals surface area contributed by atoms with E-state index < -0.39 is 0 Å². The Bertz CT molecular complexity index is 1300. The highest BCUT2D eigenvalue weighted by Crippen LogP contribution is 2.29. The van der Waals surface area contributed by atoms with E-state index >= 15 is 0 Å². The van der Waals surface area contributed by atoms with Crippen LogP contribution < -0.4 is 15.9 Å². The average molecular weight is 508 g/mol. The SMILES string of the molecule is C=c1[nH]c2ccc(Br)cc2/c1=C1/Nc2ccccc2/C1=N\OCCN1CCC(N(C)C)CC1. The van der Waals surface area contributed by atoms with Gasteiger partial charge in [0, 0.05) is 49.8 Å². The number of piperidine rings is 1. The minimum atomic E-state index is 0.572. The van der Waals surface area contributed by atoms with Crippen molar-refractivity contribution in [1.82, 2.24) is 14.8 Å². The largest absolute Gasteiger partial charge is 0.394 e. The second-order valence-corrected chi connectivity index (χ2v) is 9.94. The number of hydrogen-bond acceptors (Lipinski definition) is 5. The summed E-state index contributed by atoms with van der Waals surface area (Å²) in [4.78, 5) is 14.1. The summed E-state index contributed by atoms with van der Waals surface area (Å²) in [6, 6.07) is 15.1. The Morgan fingerprint density at radius 3 is 2.76 bits per heavy atom. The van der Waals surface area contributed by atoms with Crippen molar-refractivity contribution < 1.29 is 4.84 Å². The molecule has 6 nitrogen and oxygen atoms in total. The number of aromatic nitrogens is 1. The molecule has 2 aliphatic rings. The first-order chi connectivity index (χ1) is 16.0. The third-order valence-corrected chi connectivity index (χ3v) is 7.20. The highest BCUT2D eigenvalue weighted by molar-refractivity contribution is 9.10. The van der Waals surface area contributed by atoms with Gasteiger partial charge in [-0.1, -0.05) is 45.9 Å². The smallest absolute Gasteiger partial charge is 0.136 e. The molecule has 0 amide bonds. The van der Waals surface area contributed by atoms with Crippen molar-refractivity contribution in [3.8, 4) is 0 Å². The van der Waals surface area contributed by atoms with Crippen LogP contribution in [0.5, 0.6) is 0 Å². The fourth-order valence-corrected chi connectivity index (χ4v) is 5.21. The Kier molecular flexibility index (Phi) is 6.27. The van der Waals surface area contributed by atoms with Gasteiger partial charge in [-0.15, -0.1) is 0 Å². The van der Waals surface area contributed by atoms with Gasteiger partial charge in [-0.05, 0) is 64.3 Å². The number of oxime groups is 1. The molecule has 7 heteroatoms. The van der Waals surface area contributed by atoms with Crippen LogP contribution in [0.15, 0.2) is 52.1 Å². The zero-order valence-corrected chi connectivity index (χ0v) is 20.8. The number of anilines is 1. The molecule has 1 aromatic heterocycles. The lowest BCUT2D eigenvalue weighted by Gasteiger charge is -2.34. The third-order valence-electron chi connectivity index (χ3n) is 6.71. The van der Waals surface area contributed by atoms with Crippen LogP contribution in [0.1, 0.15) is 18.4 Å². The first-order valence-electron chi connectivity index (χ1n) is 11.5. The molecular weight excluding hydrogens is 478 g/mol. The number of fused-ring (bicyclic) bond motifs is 2. The maximum Gasteiger partial charge on any atom is 0.136 e. The van der Waals surface area contributed by atoms with E-state index in [4.69, 9.17) is 4.84 Å². The zero-order chi connectivity index (χ0) is 22.9. The molecule has 2 aliphatic heterocycles. The second-order valence-electron chi connectivity index (χ2n) is 9.02. The average Bonchev–Trinajstić information content (AvgIpc) is 3.33. The van der Waals surface area contributed by atoms with Crippen LogP contribution in [0.4, 0.5) is 5.69 Å². The highest BCUT2D eigenvalue weighted by atomic mass is 79.9. The predicted octanol–water partition coefficient (Wildman–Crippen LogP) is 3.32. The van der Waals surface area contributed by atoms with Gasteiger partial charge in [0.1, 0.15) is 12.3 Å². The van der Waals surface area contributed by atoms with Crippen LogP contribution in [-0.4, -0.2) is 66.9 Å². The van der Waals surface area contributed by atoms with Crippen LogP contribution in [0.25, 0.3) is 23.2 Å². The van der Waals surface area contributed by atoms with E-state index in [1.54, 1.807) is 0 Å². The third kappa shape index (κ3) is 4.45. The van der Waals surface area contributed by atoms with E-state index in [2.05, 4.69) is 86.1 Å². The lowest BCUT2D eigenvalue weighted by Crippen LogP contribution is -2.42. The molecule has 0 radical (unpaired) electrons. The number of rotatable bonds is 5. The van der Waals surface area contributed by atoms with Gasteiger partial charge in [-0.2, -0.15) is 0 Å². The molecular formula is C26H30BrN5O. The van der Waals surface area contributed by atoms with Gasteiger partial charge in [-0.25, -0.2) is 0 Å². The lowest BCUT2D eigenvalue weighted by molar-refractivity contribution is 0.0856. The van der Waals surface area contributed by atoms with Crippen LogP contribution in [0, 0.1) is 0 Å². The fourth-order valence-electron chi connectivity index (χ4n) is 4.85. The van der Waals surface area contributed by atoms with Crippen LogP contribution >= 0.6 is 15.9 Å². The second kappa shape index (κ2) is 9.33. The summed E-state index contributed by atoms with van der Waals surface area (Å²) in [5.41, 5.74) is 4.87. The molecule has 5 rings (SSSR count). The minimum Gasteiger partial charge on any atom is -0.394 e. The first kappa shape index (κ1) is 22.2. The number of para-hydroxylation sites is 1. The van der Waals surface area contributed by atoms with Crippen molar-refractivity contribution in [3.63, 3.8) is 0 Å². The molecule has 1 fully saturated rings. The van der Waals surface area contributed by atoms with Crippen molar-refractivity contribution in [2.75, 3.05) is 45.7 Å². The summed E-state index contributed by atoms with van der Waals surface area (Å²) in [5, 5.41) is 11.2. The maximum absolute atomic E-state index is 5.89. The molecule has 3 aromatic rings. The Balaban J connectivity index is 1.41. The summed E-state index contributed by atoms with van der Waals surface area (Å²) in [6.45, 7) is 7.95. The van der Waals surface area contributed by atoms with E-state index in [0.717, 1.165) is 68.2 Å². The van der Waals surface area contributed by atoms with E-state index in [0.29, 0.717) is 12.6 Å². The predicted molar refractivity (Wildman–Crippen MR) is 140 cm³/mol. The standard InChI is InChI=1S/C26H30BrN5O/c1-17-24(21-16-18(27)8-9-23(21)28-17)26-25(20-6-4-5-7-22(20)29-26)30-33-15-14-32-12-10-19(11-13-32)31(2)3/h4-9,16,19,28-29H,1,10-15H2,2-3H3/b26-24+,30-25+. The molecule has 2 N–H and O–H groups in total. The molecule has 0 atom stereocenters. The molecule has 2 aromatic carbocycles. The van der Waals surface area contributed by atoms with E-state index in [-0.39, 0.29) is 0 Å². The molecule has 0 bridgehead atoms. The Hall–Kier alpha value is -2.61. The quantitative estimate of drug-likeness (QED) is 0.410. The summed E-state index contributed by atoms with van der Waals surface area (Å²) in [6.07, 6.45) is 2.41. The number of benzene rings is 2. The van der Waals surface area contributed by atoms with Gasteiger partial charge in [0.25, 0.3) is 0 Å². The van der Waals surface area contributed by atoms with Crippen molar-refractivity contribution in [3.05, 3.63) is 63.1 Å². The minimum absolute atomic E-state index is 0.572. The van der Waals surface area contributed by atoms with Crippen LogP contribution in [0.2, 0.25) is 0 Å². The summed E-state index contributed by atoms with van der Waals surface area (Å²) >= 11 is 3.60. The van der Waals surface area contributed by atoms with Crippen molar-refractivity contribution in [2.45, 2.75) is 18.9 Å². The van der Waals surface area contributed by atoms with Crippen molar-refractivity contribution in [1.29, 1.82) is 0 Å². The first-order valence-corrected chi connectivity index (χ1v) is 12.3. The molecule has 3 heterocycles. The highest BCUT2D eigenvalue weighted by Gasteiger charge is 2.25. The molecule has 0 unspecified atom stereocenters. The number of nitrogens with one attached hydrogen (secondary N) is 2. The zero-order valence-electron chi connectivity index (χ0n) is 19.2. The maximum atomic E-state index is 5.89. The van der Waals surface area contributed by atoms with E-state index in [9.17, 15) is 0 Å². The molecule has 33 heavy (non-hydrogen) atoms. The number of aromatic amines is 1. The Morgan fingerprint density at radius 1 is 1.18 bits per heavy atom. The normalized spacial score (nSPS) is 19.9. The van der Waals surface area contributed by atoms with Gasteiger partial charge in [-0.3, -0.25) is 4.90 Å². The topological polar surface area (TPSA) is 55.9 Å². The van der Waals surface area contributed by atoms with Crippen LogP contribution in [-0.2, 0) is 4.84 Å². The number of hydrogen-bond donors (Lipinski definition) is 2. The monoisotopic (exact) mass is 507 g/mol. The molecule has 1 saturated heterocycles. The number of nitrogens with zero attached hydrogens (tertiary/aromatic N) is 3. The lowest BCUT2D eigenvalue weighted by atomic mass is 10.0.